The minimum atomic E-state index is -2.84. The molecule has 0 saturated carbocycles. The van der Waals surface area contributed by atoms with Crippen LogP contribution in [0.4, 0.5) is 5.69 Å². The molecule has 0 aliphatic rings. The predicted octanol–water partition coefficient (Wildman–Crippen LogP) is 2.94. The van der Waals surface area contributed by atoms with Crippen LogP contribution in [0.1, 0.15) is 20.3 Å². The molecule has 0 radical (unpaired) electrons. The van der Waals surface area contributed by atoms with Crippen LogP contribution in [-0.2, 0) is 9.09 Å². The first kappa shape index (κ1) is 13.9. The second-order valence-corrected chi connectivity index (χ2v) is 6.16. The first-order chi connectivity index (χ1) is 8.03. The molecule has 1 atom stereocenters. The summed E-state index contributed by atoms with van der Waals surface area (Å²) in [6, 6.07) is 5.75. The summed E-state index contributed by atoms with van der Waals surface area (Å²) in [5.41, 5.74) is -0.00621. The fourth-order valence-electron chi connectivity index (χ4n) is 1.57. The van der Waals surface area contributed by atoms with Gasteiger partial charge in [-0.1, -0.05) is 6.92 Å². The minimum Gasteiger partial charge on any atom is -0.326 e. The summed E-state index contributed by atoms with van der Waals surface area (Å²) in [6.45, 7) is 4.08. The van der Waals surface area contributed by atoms with Crippen LogP contribution >= 0.6 is 7.37 Å². The predicted molar refractivity (Wildman–Crippen MR) is 67.1 cm³/mol. The molecule has 0 heterocycles. The van der Waals surface area contributed by atoms with Crippen molar-refractivity contribution in [2.75, 3.05) is 12.8 Å². The van der Waals surface area contributed by atoms with Crippen molar-refractivity contribution in [3.8, 4) is 0 Å². The minimum absolute atomic E-state index is 0.00621. The normalized spacial score (nSPS) is 14.2. The highest BCUT2D eigenvalue weighted by atomic mass is 31.2. The van der Waals surface area contributed by atoms with Crippen LogP contribution in [0.5, 0.6) is 0 Å². The van der Waals surface area contributed by atoms with Crippen molar-refractivity contribution in [2.24, 2.45) is 0 Å². The molecule has 94 valence electrons. The third kappa shape index (κ3) is 3.38. The van der Waals surface area contributed by atoms with Crippen molar-refractivity contribution in [3.63, 3.8) is 0 Å². The molecule has 0 aliphatic carbocycles. The molecular weight excluding hydrogens is 241 g/mol. The third-order valence-corrected chi connectivity index (χ3v) is 5.11. The molecule has 0 fully saturated rings. The first-order valence-corrected chi connectivity index (χ1v) is 7.33. The summed E-state index contributed by atoms with van der Waals surface area (Å²) >= 11 is 0. The van der Waals surface area contributed by atoms with Gasteiger partial charge in [0.2, 0.25) is 7.37 Å². The number of hydrogen-bond acceptors (Lipinski definition) is 4. The van der Waals surface area contributed by atoms with Crippen molar-refractivity contribution in [1.29, 1.82) is 0 Å². The number of nitro benzene ring substituents is 1. The average Bonchev–Trinajstić information content (AvgIpc) is 2.30. The van der Waals surface area contributed by atoms with Crippen LogP contribution in [0.15, 0.2) is 24.3 Å². The van der Waals surface area contributed by atoms with E-state index in [1.165, 1.54) is 24.3 Å². The lowest BCUT2D eigenvalue weighted by Gasteiger charge is -2.17. The molecule has 0 amide bonds. The Kier molecular flexibility index (Phi) is 4.85. The van der Waals surface area contributed by atoms with Crippen LogP contribution < -0.4 is 5.30 Å². The van der Waals surface area contributed by atoms with Gasteiger partial charge < -0.3 is 4.52 Å². The van der Waals surface area contributed by atoms with Crippen LogP contribution in [0.25, 0.3) is 0 Å². The van der Waals surface area contributed by atoms with Gasteiger partial charge in [0.25, 0.3) is 5.69 Å². The number of hydrogen-bond donors (Lipinski definition) is 0. The SMILES string of the molecule is CCC[P@](=O)(OCC)c1ccc([N+](=O)[O-])cc1. The summed E-state index contributed by atoms with van der Waals surface area (Å²) < 4.78 is 17.8. The van der Waals surface area contributed by atoms with E-state index in [0.29, 0.717) is 18.1 Å². The Morgan fingerprint density at radius 2 is 1.88 bits per heavy atom. The molecule has 0 N–H and O–H groups in total. The molecule has 1 aromatic carbocycles. The largest absolute Gasteiger partial charge is 0.326 e. The van der Waals surface area contributed by atoms with Crippen LogP contribution in [0.2, 0.25) is 0 Å². The number of non-ortho nitro benzene ring substituents is 1. The van der Waals surface area contributed by atoms with E-state index in [1.54, 1.807) is 6.92 Å². The van der Waals surface area contributed by atoms with E-state index in [-0.39, 0.29) is 5.69 Å². The van der Waals surface area contributed by atoms with Gasteiger partial charge in [-0.15, -0.1) is 0 Å². The lowest BCUT2D eigenvalue weighted by molar-refractivity contribution is -0.384. The second-order valence-electron chi connectivity index (χ2n) is 3.59. The zero-order valence-electron chi connectivity index (χ0n) is 9.96. The Morgan fingerprint density at radius 1 is 1.29 bits per heavy atom. The average molecular weight is 257 g/mol. The molecule has 0 spiro atoms. The molecule has 17 heavy (non-hydrogen) atoms. The van der Waals surface area contributed by atoms with Crippen molar-refractivity contribution in [2.45, 2.75) is 20.3 Å². The van der Waals surface area contributed by atoms with Gasteiger partial charge in [-0.25, -0.2) is 0 Å². The lowest BCUT2D eigenvalue weighted by Crippen LogP contribution is -2.10. The van der Waals surface area contributed by atoms with E-state index in [0.717, 1.165) is 6.42 Å². The summed E-state index contributed by atoms with van der Waals surface area (Å²) in [7, 11) is -2.84. The molecule has 6 heteroatoms. The van der Waals surface area contributed by atoms with Crippen LogP contribution in [-0.4, -0.2) is 17.7 Å². The van der Waals surface area contributed by atoms with Gasteiger partial charge >= 0.3 is 0 Å². The zero-order valence-corrected chi connectivity index (χ0v) is 10.9. The van der Waals surface area contributed by atoms with E-state index in [4.69, 9.17) is 4.52 Å². The highest BCUT2D eigenvalue weighted by Gasteiger charge is 2.24. The topological polar surface area (TPSA) is 69.4 Å². The Morgan fingerprint density at radius 3 is 2.29 bits per heavy atom. The van der Waals surface area contributed by atoms with Gasteiger partial charge in [0.1, 0.15) is 0 Å². The van der Waals surface area contributed by atoms with Gasteiger partial charge in [-0.2, -0.15) is 0 Å². The highest BCUT2D eigenvalue weighted by molar-refractivity contribution is 7.67. The van der Waals surface area contributed by atoms with Crippen molar-refractivity contribution in [3.05, 3.63) is 34.4 Å². The third-order valence-electron chi connectivity index (χ3n) is 2.31. The molecule has 1 rings (SSSR count). The number of nitrogens with zero attached hydrogens (tertiary/aromatic N) is 1. The summed E-state index contributed by atoms with van der Waals surface area (Å²) in [5.74, 6) is 0. The maximum absolute atomic E-state index is 12.5. The van der Waals surface area contributed by atoms with Gasteiger partial charge in [-0.05, 0) is 25.5 Å². The second kappa shape index (κ2) is 5.94. The van der Waals surface area contributed by atoms with Crippen molar-refractivity contribution in [1.82, 2.24) is 0 Å². The summed E-state index contributed by atoms with van der Waals surface area (Å²) in [5, 5.41) is 11.1. The fraction of sp³-hybridized carbons (Fsp3) is 0.455. The Bertz CT molecular complexity index is 420. The van der Waals surface area contributed by atoms with Crippen molar-refractivity contribution < 1.29 is 14.0 Å². The fourth-order valence-corrected chi connectivity index (χ4v) is 3.72. The molecular formula is C11H16NO4P. The zero-order chi connectivity index (χ0) is 12.9. The van der Waals surface area contributed by atoms with Crippen LogP contribution in [0, 0.1) is 10.1 Å². The highest BCUT2D eigenvalue weighted by Crippen LogP contribution is 2.46. The number of benzene rings is 1. The molecule has 0 bridgehead atoms. The van der Waals surface area contributed by atoms with E-state index in [1.807, 2.05) is 6.92 Å². The first-order valence-electron chi connectivity index (χ1n) is 5.52. The molecule has 1 aromatic rings. The Labute approximate surface area is 100 Å². The Hall–Kier alpha value is -1.19. The Balaban J connectivity index is 3.03. The molecule has 0 unspecified atom stereocenters. The van der Waals surface area contributed by atoms with Gasteiger partial charge in [0, 0.05) is 23.6 Å². The van der Waals surface area contributed by atoms with Gasteiger partial charge in [0.15, 0.2) is 0 Å². The molecule has 0 aliphatic heterocycles. The summed E-state index contributed by atoms with van der Waals surface area (Å²) in [6.07, 6.45) is 1.20. The van der Waals surface area contributed by atoms with E-state index in [2.05, 4.69) is 0 Å². The standard InChI is InChI=1S/C11H16NO4P/c1-3-9-17(15,16-4-2)11-7-5-10(6-8-11)12(13)14/h5-8H,3-4,9H2,1-2H3/t17-/m0/s1. The van der Waals surface area contributed by atoms with E-state index >= 15 is 0 Å². The summed E-state index contributed by atoms with van der Waals surface area (Å²) in [4.78, 5) is 10.0. The number of rotatable bonds is 6. The maximum Gasteiger partial charge on any atom is 0.269 e. The van der Waals surface area contributed by atoms with E-state index < -0.39 is 12.3 Å². The monoisotopic (exact) mass is 257 g/mol. The number of nitro groups is 1. The van der Waals surface area contributed by atoms with Gasteiger partial charge in [0.05, 0.1) is 11.5 Å². The molecule has 0 saturated heterocycles. The quantitative estimate of drug-likeness (QED) is 0.446. The van der Waals surface area contributed by atoms with Crippen LogP contribution in [0.3, 0.4) is 0 Å². The maximum atomic E-state index is 12.5. The molecule has 0 aromatic heterocycles. The smallest absolute Gasteiger partial charge is 0.269 e. The van der Waals surface area contributed by atoms with Crippen molar-refractivity contribution >= 4 is 18.4 Å². The van der Waals surface area contributed by atoms with Gasteiger partial charge in [-0.3, -0.25) is 14.7 Å². The molecule has 5 nitrogen and oxygen atoms in total. The lowest BCUT2D eigenvalue weighted by atomic mass is 10.3. The van der Waals surface area contributed by atoms with E-state index in [9.17, 15) is 14.7 Å².